The van der Waals surface area contributed by atoms with Crippen LogP contribution in [0, 0.1) is 41.5 Å². The largest absolute Gasteiger partial charge is 0.356 e. The minimum absolute atomic E-state index is 0.0614. The van der Waals surface area contributed by atoms with Crippen molar-refractivity contribution in [3.8, 4) is 33.4 Å². The highest BCUT2D eigenvalue weighted by Crippen LogP contribution is 2.51. The first-order valence-corrected chi connectivity index (χ1v) is 35.8. The van der Waals surface area contributed by atoms with Crippen LogP contribution in [-0.2, 0) is 0 Å². The van der Waals surface area contributed by atoms with Gasteiger partial charge in [0.05, 0.1) is 17.1 Å². The summed E-state index contributed by atoms with van der Waals surface area (Å²) in [6, 6.07) is 86.0. The summed E-state index contributed by atoms with van der Waals surface area (Å²) in [5.41, 5.74) is 43.8. The van der Waals surface area contributed by atoms with Crippen LogP contribution in [0.15, 0.2) is 224 Å². The molecule has 6 aliphatic heterocycles. The molecule has 0 spiro atoms. The lowest BCUT2D eigenvalue weighted by Gasteiger charge is -2.47. The Labute approximate surface area is 560 Å². The van der Waals surface area contributed by atoms with Crippen molar-refractivity contribution in [3.05, 3.63) is 258 Å². The second kappa shape index (κ2) is 21.4. The van der Waals surface area contributed by atoms with E-state index in [1.165, 1.54) is 173 Å². The van der Waals surface area contributed by atoms with Gasteiger partial charge < -0.3 is 15.1 Å². The molecule has 6 nitrogen and oxygen atoms in total. The van der Waals surface area contributed by atoms with Gasteiger partial charge in [0.2, 0.25) is 0 Å². The Morgan fingerprint density at radius 2 is 0.613 bits per heavy atom. The molecule has 1 N–H and O–H groups in total. The first kappa shape index (κ1) is 56.4. The molecule has 18 rings (SSSR count). The second-order valence-corrected chi connectivity index (χ2v) is 28.1. The Kier molecular flexibility index (Phi) is 13.0. The van der Waals surface area contributed by atoms with Gasteiger partial charge in [0.15, 0.2) is 0 Å². The van der Waals surface area contributed by atoms with Crippen LogP contribution in [0.1, 0.15) is 33.4 Å². The highest BCUT2D eigenvalue weighted by molar-refractivity contribution is 8.01. The van der Waals surface area contributed by atoms with Crippen molar-refractivity contribution in [2.24, 2.45) is 0 Å². The number of para-hydroxylation sites is 4. The summed E-state index contributed by atoms with van der Waals surface area (Å²) in [5, 5.41) is 4.24. The molecule has 93 heavy (non-hydrogen) atoms. The second-order valence-electron chi connectivity index (χ2n) is 25.9. The molecule has 12 aromatic rings. The van der Waals surface area contributed by atoms with Crippen molar-refractivity contribution in [2.45, 2.75) is 41.5 Å². The van der Waals surface area contributed by atoms with E-state index >= 15 is 0 Å². The van der Waals surface area contributed by atoms with Gasteiger partial charge in [-0.3, -0.25) is 12.9 Å². The first-order valence-electron chi connectivity index (χ1n) is 32.3. The van der Waals surface area contributed by atoms with Crippen LogP contribution in [0.4, 0.5) is 79.6 Å². The smallest absolute Gasteiger partial charge is 0.252 e. The topological polar surface area (TPSA) is 28.2 Å². The van der Waals surface area contributed by atoms with E-state index in [9.17, 15) is 0 Å². The molecular weight excluding hydrogens is 1190 g/mol. The molecule has 0 unspecified atom stereocenters. The number of hydrogen-bond donors (Lipinski definition) is 1. The maximum absolute atomic E-state index is 4.24. The van der Waals surface area contributed by atoms with Crippen molar-refractivity contribution in [1.29, 1.82) is 0 Å². The predicted molar refractivity (Wildman–Crippen MR) is 411 cm³/mol. The van der Waals surface area contributed by atoms with Crippen LogP contribution < -0.4 is 77.2 Å². The van der Waals surface area contributed by atoms with Gasteiger partial charge in [0, 0.05) is 81.3 Å². The van der Waals surface area contributed by atoms with Crippen molar-refractivity contribution in [1.82, 2.24) is 0 Å². The molecule has 12 heteroatoms. The zero-order valence-corrected chi connectivity index (χ0v) is 56.0. The van der Waals surface area contributed by atoms with Gasteiger partial charge in [-0.15, -0.1) is 0 Å². The van der Waals surface area contributed by atoms with Gasteiger partial charge in [-0.05, 0) is 278 Å². The molecule has 6 heterocycles. The zero-order chi connectivity index (χ0) is 62.8. The normalized spacial score (nSPS) is 13.9. The molecule has 446 valence electrons. The Morgan fingerprint density at radius 3 is 1.05 bits per heavy atom. The van der Waals surface area contributed by atoms with E-state index in [0.29, 0.717) is 0 Å². The molecule has 0 amide bonds. The van der Waals surface area contributed by atoms with Crippen LogP contribution in [-0.4, -0.2) is 38.9 Å². The highest BCUT2D eigenvalue weighted by atomic mass is 32.2. The van der Waals surface area contributed by atoms with Crippen LogP contribution in [0.3, 0.4) is 0 Å². The summed E-state index contributed by atoms with van der Waals surface area (Å²) in [6.07, 6.45) is 6.80. The van der Waals surface area contributed by atoms with E-state index in [-0.39, 0.29) is 20.1 Å². The van der Waals surface area contributed by atoms with E-state index < -0.39 is 0 Å². The summed E-state index contributed by atoms with van der Waals surface area (Å²) in [5.74, 6) is 0. The third kappa shape index (κ3) is 8.17. The molecule has 0 aliphatic carbocycles. The van der Waals surface area contributed by atoms with Gasteiger partial charge in [0.25, 0.3) is 20.1 Å². The highest BCUT2D eigenvalue weighted by Gasteiger charge is 2.50. The number of hydrogen-bond acceptors (Lipinski definition) is 9. The summed E-state index contributed by atoms with van der Waals surface area (Å²) >= 11 is 5.43. The van der Waals surface area contributed by atoms with E-state index in [1.54, 1.807) is 0 Å². The van der Waals surface area contributed by atoms with Gasteiger partial charge in [-0.2, -0.15) is 0 Å². The quantitative estimate of drug-likeness (QED) is 0.118. The van der Waals surface area contributed by atoms with E-state index in [0.717, 1.165) is 22.7 Å². The fraction of sp³-hybridized carbons (Fsp3) is 0.111. The third-order valence-electron chi connectivity index (χ3n) is 20.8. The van der Waals surface area contributed by atoms with Crippen molar-refractivity contribution in [3.63, 3.8) is 0 Å². The van der Waals surface area contributed by atoms with Crippen LogP contribution >= 0.6 is 35.8 Å². The molecule has 0 radical (unpaired) electrons. The van der Waals surface area contributed by atoms with Crippen molar-refractivity contribution in [2.75, 3.05) is 46.8 Å². The molecular formula is C81H65B3N6S3. The van der Waals surface area contributed by atoms with Crippen molar-refractivity contribution < 1.29 is 0 Å². The monoisotopic (exact) mass is 1250 g/mol. The molecule has 0 bridgehead atoms. The predicted octanol–water partition coefficient (Wildman–Crippen LogP) is 15.9. The fourth-order valence-electron chi connectivity index (χ4n) is 17.2. The average Bonchev–Trinajstić information content (AvgIpc) is 0.698. The van der Waals surface area contributed by atoms with Crippen molar-refractivity contribution >= 4 is 185 Å². The maximum Gasteiger partial charge on any atom is 0.252 e. The van der Waals surface area contributed by atoms with E-state index in [1.807, 2.05) is 35.8 Å². The number of aryl methyl sites for hydroxylation is 6. The lowest BCUT2D eigenvalue weighted by Crippen LogP contribution is -2.66. The Morgan fingerprint density at radius 1 is 0.269 bits per heavy atom. The Hall–Kier alpha value is -9.32. The number of nitrogens with zero attached hydrogens (tertiary/aromatic N) is 5. The fourth-order valence-corrected chi connectivity index (χ4v) is 19.3. The number of fused-ring (bicyclic) bond motifs is 12. The molecule has 0 saturated carbocycles. The first-order chi connectivity index (χ1) is 45.5. The van der Waals surface area contributed by atoms with Crippen LogP contribution in [0.2, 0.25) is 0 Å². The molecule has 0 atom stereocenters. The summed E-state index contributed by atoms with van der Waals surface area (Å²) in [6.45, 7) is 13.3. The Bertz CT molecular complexity index is 5130. The molecule has 0 aromatic heterocycles. The molecule has 12 aromatic carbocycles. The molecule has 0 saturated heterocycles. The van der Waals surface area contributed by atoms with Gasteiger partial charge in [-0.25, -0.2) is 0 Å². The summed E-state index contributed by atoms with van der Waals surface area (Å²) in [4.78, 5) is 5.06. The SMILES string of the molecule is CSN1c2cc3c(cc2B2c4cc5c(cc4N(SC)c4cc(-c6c(C)cccc6C)cc1c42)N(SC)c1cc(-c2c(C)cccc2C)cc2c1B5c1ccccc1N2c1ccccc1)B1c2ccccc2N(c2ccccc2)c2cc(-c4c(C)cccc4C)cc(c21)N3. The molecule has 6 aliphatic rings. The minimum Gasteiger partial charge on any atom is -0.356 e. The summed E-state index contributed by atoms with van der Waals surface area (Å²) in [7, 11) is 0. The van der Waals surface area contributed by atoms with Gasteiger partial charge in [0.1, 0.15) is 0 Å². The lowest BCUT2D eigenvalue weighted by molar-refractivity contribution is 1.28. The van der Waals surface area contributed by atoms with Crippen LogP contribution in [0.25, 0.3) is 33.4 Å². The summed E-state index contributed by atoms with van der Waals surface area (Å²) < 4.78 is 7.71. The number of benzene rings is 12. The van der Waals surface area contributed by atoms with Crippen LogP contribution in [0.5, 0.6) is 0 Å². The number of rotatable bonds is 8. The van der Waals surface area contributed by atoms with Gasteiger partial charge >= 0.3 is 0 Å². The lowest BCUT2D eigenvalue weighted by atomic mass is 9.29. The minimum atomic E-state index is -0.129. The maximum atomic E-state index is 4.24. The number of anilines is 14. The standard InChI is InChI=1S/C81H65B3N6S3/c1-47-23-20-24-48(2)76(47)53-37-65-79-71(38-53)86(56-29-12-10-13-30-56)66-35-18-16-33-58(66)82(79)60-43-61-68(45-64(60)85-65)88(91-7)74-41-55(78-51(5)27-22-28-52(78)6)42-75-81(74)84(61)63-44-62-69(46-70(63)90(75)93-9)89(92-8)73-40-54(77-49(3)25-21-26-50(77)4)39-72-80(73)83(62)59-34-17-19-36-67(59)87(72)57-31-14-11-15-32-57/h10-46,85H,1-9H3. The Balaban J connectivity index is 0.916. The van der Waals surface area contributed by atoms with Gasteiger partial charge in [-0.1, -0.05) is 140 Å². The zero-order valence-electron chi connectivity index (χ0n) is 53.6. The molecule has 0 fully saturated rings. The number of nitrogens with one attached hydrogen (secondary N) is 1. The third-order valence-corrected chi connectivity index (χ3v) is 23.1. The average molecular weight is 1250 g/mol. The van der Waals surface area contributed by atoms with E-state index in [4.69, 9.17) is 0 Å². The van der Waals surface area contributed by atoms with E-state index in [2.05, 4.69) is 313 Å².